The molecule has 34 heavy (non-hydrogen) atoms. The first kappa shape index (κ1) is 23.3. The van der Waals surface area contributed by atoms with Gasteiger partial charge < -0.3 is 20.1 Å². The summed E-state index contributed by atoms with van der Waals surface area (Å²) in [6, 6.07) is -0.226. The largest absolute Gasteiger partial charge is 0.479 e. The molecule has 12 heteroatoms. The number of anilines is 1. The summed E-state index contributed by atoms with van der Waals surface area (Å²) in [6.07, 6.45) is 3.23. The molecule has 0 unspecified atom stereocenters. The highest BCUT2D eigenvalue weighted by Gasteiger charge is 2.30. The van der Waals surface area contributed by atoms with E-state index in [1.165, 1.54) is 26.5 Å². The van der Waals surface area contributed by atoms with Gasteiger partial charge in [0, 0.05) is 13.1 Å². The van der Waals surface area contributed by atoms with Crippen LogP contribution < -0.4 is 15.2 Å². The van der Waals surface area contributed by atoms with Crippen molar-refractivity contribution in [3.63, 3.8) is 0 Å². The van der Waals surface area contributed by atoms with E-state index in [2.05, 4.69) is 33.5 Å². The van der Waals surface area contributed by atoms with Crippen LogP contribution in [0.3, 0.4) is 0 Å². The first-order valence-electron chi connectivity index (χ1n) is 10.0. The average molecular weight is 489 g/mol. The number of nitrogens with two attached hydrogens (primary N) is 1. The minimum atomic E-state index is -1.09. The van der Waals surface area contributed by atoms with Crippen LogP contribution in [-0.4, -0.2) is 57.9 Å². The maximum atomic E-state index is 14.7. The zero-order valence-corrected chi connectivity index (χ0v) is 19.0. The number of rotatable bonds is 4. The highest BCUT2D eigenvalue weighted by Crippen LogP contribution is 2.34. The number of hydrogen-bond donors (Lipinski definition) is 1. The molecule has 0 radical (unpaired) electrons. The van der Waals surface area contributed by atoms with Crippen molar-refractivity contribution in [2.75, 3.05) is 33.0 Å². The molecule has 0 spiro atoms. The van der Waals surface area contributed by atoms with E-state index < -0.39 is 29.0 Å². The highest BCUT2D eigenvalue weighted by molar-refractivity contribution is 6.35. The van der Waals surface area contributed by atoms with Crippen LogP contribution in [0.1, 0.15) is 23.7 Å². The van der Waals surface area contributed by atoms with Crippen LogP contribution in [0.5, 0.6) is 11.8 Å². The molecular formula is C22H19ClF2N6O3. The molecule has 4 heterocycles. The lowest BCUT2D eigenvalue weighted by Gasteiger charge is -2.15. The van der Waals surface area contributed by atoms with Gasteiger partial charge in [0.1, 0.15) is 17.1 Å². The Bertz CT molecular complexity index is 1350. The molecule has 1 fully saturated rings. The Morgan fingerprint density at radius 1 is 1.29 bits per heavy atom. The van der Waals surface area contributed by atoms with Crippen LogP contribution in [0.25, 0.3) is 10.9 Å². The van der Waals surface area contributed by atoms with Crippen LogP contribution in [0, 0.1) is 23.5 Å². The Hall–Kier alpha value is -3.91. The SMILES string of the molecule is C=CC(=O)N1CC[C@H](n2nc(C#Cc3c(F)c(OC)nc(OC)c3F)c3c(N)ncc(Cl)c32)C1. The molecule has 0 aromatic carbocycles. The zero-order valence-electron chi connectivity index (χ0n) is 18.2. The number of nitrogens with zero attached hydrogens (tertiary/aromatic N) is 5. The van der Waals surface area contributed by atoms with Crippen molar-refractivity contribution >= 4 is 34.2 Å². The fourth-order valence-corrected chi connectivity index (χ4v) is 4.01. The van der Waals surface area contributed by atoms with Gasteiger partial charge in [-0.25, -0.2) is 4.98 Å². The van der Waals surface area contributed by atoms with E-state index in [1.807, 2.05) is 0 Å². The summed E-state index contributed by atoms with van der Waals surface area (Å²) >= 11 is 6.41. The molecule has 176 valence electrons. The summed E-state index contributed by atoms with van der Waals surface area (Å²) in [5, 5.41) is 5.13. The molecule has 0 saturated carbocycles. The topological polar surface area (TPSA) is 108 Å². The number of fused-ring (bicyclic) bond motifs is 1. The second-order valence-electron chi connectivity index (χ2n) is 7.32. The third-order valence-electron chi connectivity index (χ3n) is 5.42. The number of nitrogen functional groups attached to an aromatic ring is 1. The first-order valence-corrected chi connectivity index (χ1v) is 10.4. The third-order valence-corrected chi connectivity index (χ3v) is 5.69. The Labute approximate surface area is 198 Å². The molecular weight excluding hydrogens is 470 g/mol. The van der Waals surface area contributed by atoms with Crippen LogP contribution in [-0.2, 0) is 4.79 Å². The second kappa shape index (κ2) is 9.15. The zero-order chi connectivity index (χ0) is 24.6. The van der Waals surface area contributed by atoms with Crippen molar-refractivity contribution < 1.29 is 23.0 Å². The third kappa shape index (κ3) is 3.86. The normalized spacial score (nSPS) is 15.2. The molecule has 1 aliphatic heterocycles. The van der Waals surface area contributed by atoms with Crippen molar-refractivity contribution in [2.24, 2.45) is 0 Å². The van der Waals surface area contributed by atoms with Gasteiger partial charge in [-0.3, -0.25) is 9.48 Å². The van der Waals surface area contributed by atoms with E-state index >= 15 is 0 Å². The molecule has 9 nitrogen and oxygen atoms in total. The van der Waals surface area contributed by atoms with E-state index in [0.717, 1.165) is 0 Å². The van der Waals surface area contributed by atoms with Gasteiger partial charge in [0.2, 0.25) is 17.5 Å². The maximum absolute atomic E-state index is 14.7. The van der Waals surface area contributed by atoms with Crippen molar-refractivity contribution in [1.82, 2.24) is 24.6 Å². The van der Waals surface area contributed by atoms with Crippen LogP contribution in [0.15, 0.2) is 18.9 Å². The summed E-state index contributed by atoms with van der Waals surface area (Å²) in [5.41, 5.74) is 6.06. The minimum Gasteiger partial charge on any atom is -0.479 e. The first-order chi connectivity index (χ1) is 16.3. The monoisotopic (exact) mass is 488 g/mol. The van der Waals surface area contributed by atoms with Crippen LogP contribution in [0.4, 0.5) is 14.6 Å². The Morgan fingerprint density at radius 2 is 1.97 bits per heavy atom. The van der Waals surface area contributed by atoms with Crippen molar-refractivity contribution in [2.45, 2.75) is 12.5 Å². The number of ether oxygens (including phenoxy) is 2. The minimum absolute atomic E-state index is 0.0952. The molecule has 1 aliphatic rings. The Morgan fingerprint density at radius 3 is 2.59 bits per heavy atom. The quantitative estimate of drug-likeness (QED) is 0.444. The van der Waals surface area contributed by atoms with Gasteiger partial charge in [-0.2, -0.15) is 18.9 Å². The summed E-state index contributed by atoms with van der Waals surface area (Å²) < 4.78 is 40.7. The van der Waals surface area contributed by atoms with E-state index in [9.17, 15) is 13.6 Å². The molecule has 0 bridgehead atoms. The van der Waals surface area contributed by atoms with Gasteiger partial charge in [0.15, 0.2) is 0 Å². The molecule has 3 aromatic heterocycles. The number of amides is 1. The Balaban J connectivity index is 1.86. The summed E-state index contributed by atoms with van der Waals surface area (Å²) in [4.78, 5) is 21.3. The standard InChI is InChI=1S/C22H19ClF2N6O3/c1-4-15(32)30-8-7-11(10-30)31-19-13(23)9-27-20(26)16(19)14(29-31)6-5-12-17(24)21(33-2)28-22(34-3)18(12)25/h4,9,11H,1,7-8,10H2,2-3H3,(H2,26,27)/t11-/m0/s1. The van der Waals surface area contributed by atoms with E-state index in [-0.39, 0.29) is 28.5 Å². The number of likely N-dealkylation sites (tertiary alicyclic amines) is 1. The fraction of sp³-hybridized carbons (Fsp3) is 0.273. The summed E-state index contributed by atoms with van der Waals surface area (Å²) in [5.74, 6) is 1.89. The number of methoxy groups -OCH3 is 2. The number of halogens is 3. The molecule has 1 amide bonds. The molecule has 2 N–H and O–H groups in total. The maximum Gasteiger partial charge on any atom is 0.254 e. The predicted molar refractivity (Wildman–Crippen MR) is 121 cm³/mol. The van der Waals surface area contributed by atoms with Gasteiger partial charge in [0.05, 0.1) is 42.4 Å². The van der Waals surface area contributed by atoms with Gasteiger partial charge >= 0.3 is 0 Å². The lowest BCUT2D eigenvalue weighted by molar-refractivity contribution is -0.125. The van der Waals surface area contributed by atoms with E-state index in [0.29, 0.717) is 30.4 Å². The van der Waals surface area contributed by atoms with Crippen LogP contribution >= 0.6 is 11.6 Å². The second-order valence-corrected chi connectivity index (χ2v) is 7.73. The molecule has 1 saturated heterocycles. The lowest BCUT2D eigenvalue weighted by atomic mass is 10.2. The molecule has 0 aliphatic carbocycles. The van der Waals surface area contributed by atoms with Gasteiger partial charge in [-0.05, 0) is 18.4 Å². The van der Waals surface area contributed by atoms with E-state index in [4.69, 9.17) is 26.8 Å². The van der Waals surface area contributed by atoms with Crippen molar-refractivity contribution in [3.05, 3.63) is 46.8 Å². The highest BCUT2D eigenvalue weighted by atomic mass is 35.5. The average Bonchev–Trinajstić information content (AvgIpc) is 3.47. The molecule has 1 atom stereocenters. The van der Waals surface area contributed by atoms with Crippen LogP contribution in [0.2, 0.25) is 5.02 Å². The predicted octanol–water partition coefficient (Wildman–Crippen LogP) is 2.72. The van der Waals surface area contributed by atoms with Gasteiger partial charge in [-0.1, -0.05) is 24.1 Å². The molecule has 4 rings (SSSR count). The lowest BCUT2D eigenvalue weighted by Crippen LogP contribution is -2.27. The number of carbonyl (C=O) groups excluding carboxylic acids is 1. The number of aromatic nitrogens is 4. The summed E-state index contributed by atoms with van der Waals surface area (Å²) in [7, 11) is 2.37. The van der Waals surface area contributed by atoms with Crippen molar-refractivity contribution in [1.29, 1.82) is 0 Å². The number of pyridine rings is 2. The molecule has 3 aromatic rings. The van der Waals surface area contributed by atoms with Gasteiger partial charge in [0.25, 0.3) is 11.8 Å². The fourth-order valence-electron chi connectivity index (χ4n) is 3.78. The van der Waals surface area contributed by atoms with E-state index in [1.54, 1.807) is 9.58 Å². The number of hydrogen-bond acceptors (Lipinski definition) is 7. The summed E-state index contributed by atoms with van der Waals surface area (Å²) in [6.45, 7) is 4.39. The van der Waals surface area contributed by atoms with Crippen molar-refractivity contribution in [3.8, 4) is 23.6 Å². The number of carbonyl (C=O) groups is 1. The Kier molecular flexibility index (Phi) is 6.26. The van der Waals surface area contributed by atoms with Gasteiger partial charge in [-0.15, -0.1) is 0 Å². The smallest absolute Gasteiger partial charge is 0.254 e.